The van der Waals surface area contributed by atoms with Crippen molar-refractivity contribution in [3.8, 4) is 23.0 Å². The molecule has 164 valence electrons. The van der Waals surface area contributed by atoms with Crippen LogP contribution in [-0.4, -0.2) is 43.6 Å². The van der Waals surface area contributed by atoms with Gasteiger partial charge in [-0.2, -0.15) is 0 Å². The number of nitrogens with zero attached hydrogens (tertiary/aromatic N) is 1. The standard InChI is InChI=1S/C23H25NO7/c1-5-31-17-8-6-7-16-20(17)24(13-19(25)26)12-15(21(16)27)11-14-9-10-18(28-2)23(30-4)22(14)29-3/h6-10,12H,5,11,13H2,1-4H3,(H,25,26). The average Bonchev–Trinajstić information content (AvgIpc) is 2.76. The molecule has 31 heavy (non-hydrogen) atoms. The lowest BCUT2D eigenvalue weighted by Gasteiger charge is -2.17. The Labute approximate surface area is 179 Å². The first kappa shape index (κ1) is 22.0. The minimum Gasteiger partial charge on any atom is -0.493 e. The van der Waals surface area contributed by atoms with Crippen LogP contribution in [-0.2, 0) is 17.8 Å². The number of hydrogen-bond acceptors (Lipinski definition) is 6. The van der Waals surface area contributed by atoms with Gasteiger partial charge in [-0.15, -0.1) is 0 Å². The minimum absolute atomic E-state index is 0.199. The summed E-state index contributed by atoms with van der Waals surface area (Å²) in [6.07, 6.45) is 1.79. The SMILES string of the molecule is CCOc1cccc2c(=O)c(Cc3ccc(OC)c(OC)c3OC)cn(CC(=O)O)c12. The number of para-hydroxylation sites is 1. The minimum atomic E-state index is -1.02. The molecule has 1 heterocycles. The summed E-state index contributed by atoms with van der Waals surface area (Å²) in [5.74, 6) is 0.827. The van der Waals surface area contributed by atoms with Crippen molar-refractivity contribution in [2.75, 3.05) is 27.9 Å². The van der Waals surface area contributed by atoms with Crippen molar-refractivity contribution in [1.82, 2.24) is 4.57 Å². The summed E-state index contributed by atoms with van der Waals surface area (Å²) in [7, 11) is 4.55. The van der Waals surface area contributed by atoms with Gasteiger partial charge in [0, 0.05) is 29.1 Å². The molecule has 0 atom stereocenters. The molecule has 8 nitrogen and oxygen atoms in total. The van der Waals surface area contributed by atoms with Gasteiger partial charge < -0.3 is 28.6 Å². The molecule has 0 saturated heterocycles. The summed E-state index contributed by atoms with van der Waals surface area (Å²) in [5, 5.41) is 9.81. The lowest BCUT2D eigenvalue weighted by atomic mass is 10.0. The van der Waals surface area contributed by atoms with Gasteiger partial charge in [-0.25, -0.2) is 0 Å². The number of aliphatic carboxylic acids is 1. The highest BCUT2D eigenvalue weighted by Gasteiger charge is 2.19. The number of hydrogen-bond donors (Lipinski definition) is 1. The molecule has 0 amide bonds. The fourth-order valence-electron chi connectivity index (χ4n) is 3.66. The number of carbonyl (C=O) groups is 1. The van der Waals surface area contributed by atoms with Crippen molar-refractivity contribution >= 4 is 16.9 Å². The van der Waals surface area contributed by atoms with Crippen LogP contribution in [0.5, 0.6) is 23.0 Å². The number of pyridine rings is 1. The van der Waals surface area contributed by atoms with E-state index in [4.69, 9.17) is 18.9 Å². The van der Waals surface area contributed by atoms with Crippen molar-refractivity contribution in [3.63, 3.8) is 0 Å². The molecule has 0 aliphatic carbocycles. The number of carboxylic acids is 1. The van der Waals surface area contributed by atoms with Crippen LogP contribution in [0.25, 0.3) is 10.9 Å². The third kappa shape index (κ3) is 4.28. The monoisotopic (exact) mass is 427 g/mol. The van der Waals surface area contributed by atoms with E-state index in [2.05, 4.69) is 0 Å². The van der Waals surface area contributed by atoms with E-state index in [1.165, 1.54) is 25.9 Å². The van der Waals surface area contributed by atoms with Gasteiger partial charge >= 0.3 is 5.97 Å². The van der Waals surface area contributed by atoms with Crippen LogP contribution in [0.1, 0.15) is 18.1 Å². The first-order valence-corrected chi connectivity index (χ1v) is 9.72. The Morgan fingerprint density at radius 3 is 2.32 bits per heavy atom. The van der Waals surface area contributed by atoms with Gasteiger partial charge in [-0.05, 0) is 25.1 Å². The smallest absolute Gasteiger partial charge is 0.323 e. The van der Waals surface area contributed by atoms with Gasteiger partial charge in [0.25, 0.3) is 0 Å². The van der Waals surface area contributed by atoms with Gasteiger partial charge in [-0.1, -0.05) is 12.1 Å². The Morgan fingerprint density at radius 1 is 0.968 bits per heavy atom. The number of ether oxygens (including phenoxy) is 4. The van der Waals surface area contributed by atoms with Crippen LogP contribution in [0.2, 0.25) is 0 Å². The van der Waals surface area contributed by atoms with E-state index in [1.54, 1.807) is 36.5 Å². The van der Waals surface area contributed by atoms with Gasteiger partial charge in [0.1, 0.15) is 12.3 Å². The third-order valence-electron chi connectivity index (χ3n) is 4.91. The summed E-state index contributed by atoms with van der Waals surface area (Å²) in [6.45, 7) is 1.91. The molecule has 0 spiro atoms. The predicted molar refractivity (Wildman–Crippen MR) is 116 cm³/mol. The maximum absolute atomic E-state index is 13.3. The van der Waals surface area contributed by atoms with Crippen LogP contribution in [0.3, 0.4) is 0 Å². The molecule has 0 fully saturated rings. The van der Waals surface area contributed by atoms with E-state index in [9.17, 15) is 14.7 Å². The number of benzene rings is 2. The fraction of sp³-hybridized carbons (Fsp3) is 0.304. The van der Waals surface area contributed by atoms with Crippen LogP contribution >= 0.6 is 0 Å². The van der Waals surface area contributed by atoms with E-state index in [0.29, 0.717) is 51.6 Å². The number of rotatable bonds is 9. The topological polar surface area (TPSA) is 96.2 Å². The maximum atomic E-state index is 13.3. The van der Waals surface area contributed by atoms with E-state index in [1.807, 2.05) is 6.92 Å². The van der Waals surface area contributed by atoms with Gasteiger partial charge in [-0.3, -0.25) is 9.59 Å². The molecule has 8 heteroatoms. The molecular weight excluding hydrogens is 402 g/mol. The maximum Gasteiger partial charge on any atom is 0.323 e. The summed E-state index contributed by atoms with van der Waals surface area (Å²) in [4.78, 5) is 24.8. The van der Waals surface area contributed by atoms with Crippen molar-refractivity contribution < 1.29 is 28.8 Å². The largest absolute Gasteiger partial charge is 0.493 e. The highest BCUT2D eigenvalue weighted by atomic mass is 16.5. The second-order valence-electron chi connectivity index (χ2n) is 6.76. The van der Waals surface area contributed by atoms with E-state index >= 15 is 0 Å². The third-order valence-corrected chi connectivity index (χ3v) is 4.91. The number of carboxylic acid groups (broad SMARTS) is 1. The van der Waals surface area contributed by atoms with Crippen molar-refractivity contribution in [2.45, 2.75) is 19.9 Å². The molecule has 0 bridgehead atoms. The Kier molecular flexibility index (Phi) is 6.69. The molecule has 0 radical (unpaired) electrons. The van der Waals surface area contributed by atoms with Crippen LogP contribution in [0.15, 0.2) is 41.3 Å². The molecular formula is C23H25NO7. The van der Waals surface area contributed by atoms with Crippen LogP contribution in [0, 0.1) is 0 Å². The zero-order valence-corrected chi connectivity index (χ0v) is 17.9. The van der Waals surface area contributed by atoms with Crippen LogP contribution < -0.4 is 24.4 Å². The van der Waals surface area contributed by atoms with E-state index in [-0.39, 0.29) is 18.4 Å². The zero-order valence-electron chi connectivity index (χ0n) is 17.9. The molecule has 0 aliphatic heterocycles. The summed E-state index contributed by atoms with van der Waals surface area (Å²) < 4.78 is 23.4. The average molecular weight is 427 g/mol. The lowest BCUT2D eigenvalue weighted by Crippen LogP contribution is -2.19. The summed E-state index contributed by atoms with van der Waals surface area (Å²) in [6, 6.07) is 8.65. The first-order valence-electron chi connectivity index (χ1n) is 9.72. The van der Waals surface area contributed by atoms with E-state index < -0.39 is 5.97 Å². The molecule has 3 aromatic rings. The van der Waals surface area contributed by atoms with Gasteiger partial charge in [0.2, 0.25) is 5.75 Å². The van der Waals surface area contributed by atoms with E-state index in [0.717, 1.165) is 0 Å². The lowest BCUT2D eigenvalue weighted by molar-refractivity contribution is -0.137. The molecule has 0 unspecified atom stereocenters. The van der Waals surface area contributed by atoms with Gasteiger partial charge in [0.05, 0.1) is 33.5 Å². The molecule has 3 rings (SSSR count). The second kappa shape index (κ2) is 9.42. The Morgan fingerprint density at radius 2 is 1.71 bits per heavy atom. The quantitative estimate of drug-likeness (QED) is 0.561. The normalized spacial score (nSPS) is 10.7. The first-order chi connectivity index (χ1) is 14.9. The zero-order chi connectivity index (χ0) is 22.5. The van der Waals surface area contributed by atoms with Crippen molar-refractivity contribution in [3.05, 3.63) is 57.9 Å². The molecule has 1 N–H and O–H groups in total. The highest BCUT2D eigenvalue weighted by molar-refractivity contribution is 5.86. The Balaban J connectivity index is 2.21. The number of fused-ring (bicyclic) bond motifs is 1. The molecule has 1 aromatic heterocycles. The fourth-order valence-corrected chi connectivity index (χ4v) is 3.66. The Bertz CT molecular complexity index is 1170. The molecule has 2 aromatic carbocycles. The van der Waals surface area contributed by atoms with Crippen molar-refractivity contribution in [1.29, 1.82) is 0 Å². The predicted octanol–water partition coefficient (Wildman–Crippen LogP) is 3.10. The number of methoxy groups -OCH3 is 3. The summed E-state index contributed by atoms with van der Waals surface area (Å²) >= 11 is 0. The molecule has 0 aliphatic rings. The summed E-state index contributed by atoms with van der Waals surface area (Å²) in [5.41, 5.74) is 1.39. The molecule has 0 saturated carbocycles. The highest BCUT2D eigenvalue weighted by Crippen LogP contribution is 2.40. The second-order valence-corrected chi connectivity index (χ2v) is 6.76. The van der Waals surface area contributed by atoms with Crippen molar-refractivity contribution in [2.24, 2.45) is 0 Å². The van der Waals surface area contributed by atoms with Gasteiger partial charge in [0.15, 0.2) is 16.9 Å². The van der Waals surface area contributed by atoms with Crippen LogP contribution in [0.4, 0.5) is 0 Å². The number of aromatic nitrogens is 1. The Hall–Kier alpha value is -3.68.